The third-order valence-corrected chi connectivity index (χ3v) is 3.67. The Bertz CT molecular complexity index is 508. The van der Waals surface area contributed by atoms with E-state index in [1.165, 1.54) is 6.07 Å². The van der Waals surface area contributed by atoms with Gasteiger partial charge in [0.15, 0.2) is 11.6 Å². The molecule has 1 saturated heterocycles. The van der Waals surface area contributed by atoms with Gasteiger partial charge in [0.1, 0.15) is 0 Å². The first-order chi connectivity index (χ1) is 8.95. The van der Waals surface area contributed by atoms with Crippen LogP contribution in [0.5, 0.6) is 0 Å². The lowest BCUT2D eigenvalue weighted by molar-refractivity contribution is 0.0690. The first kappa shape index (κ1) is 13.9. The molecule has 3 N–H and O–H groups in total. The van der Waals surface area contributed by atoms with Crippen molar-refractivity contribution in [2.45, 2.75) is 12.5 Å². The maximum atomic E-state index is 14.0. The number of halogens is 2. The summed E-state index contributed by atoms with van der Waals surface area (Å²) in [6, 6.07) is 2.20. The van der Waals surface area contributed by atoms with Crippen molar-refractivity contribution in [3.05, 3.63) is 34.9 Å². The highest BCUT2D eigenvalue weighted by Gasteiger charge is 2.33. The van der Waals surface area contributed by atoms with E-state index in [0.29, 0.717) is 13.0 Å². The van der Waals surface area contributed by atoms with Crippen molar-refractivity contribution in [1.29, 1.82) is 0 Å². The van der Waals surface area contributed by atoms with Crippen LogP contribution in [0.25, 0.3) is 0 Å². The van der Waals surface area contributed by atoms with Crippen molar-refractivity contribution in [2.24, 2.45) is 11.7 Å². The first-order valence-electron chi connectivity index (χ1n) is 6.07. The van der Waals surface area contributed by atoms with Crippen molar-refractivity contribution in [3.8, 4) is 0 Å². The minimum absolute atomic E-state index is 0.195. The zero-order chi connectivity index (χ0) is 14.2. The monoisotopic (exact) mass is 270 g/mol. The largest absolute Gasteiger partial charge is 0.478 e. The van der Waals surface area contributed by atoms with Crippen LogP contribution in [0.3, 0.4) is 0 Å². The summed E-state index contributed by atoms with van der Waals surface area (Å²) in [6.45, 7) is 1.22. The Balaban J connectivity index is 2.36. The Labute approximate surface area is 109 Å². The molecule has 19 heavy (non-hydrogen) atoms. The van der Waals surface area contributed by atoms with Crippen LogP contribution in [0, 0.1) is 17.6 Å². The fraction of sp³-hybridized carbons (Fsp3) is 0.462. The van der Waals surface area contributed by atoms with E-state index in [2.05, 4.69) is 0 Å². The lowest BCUT2D eigenvalue weighted by Crippen LogP contribution is -2.21. The van der Waals surface area contributed by atoms with Crippen molar-refractivity contribution < 1.29 is 18.7 Å². The number of nitrogens with two attached hydrogens (primary N) is 1. The molecule has 0 aliphatic carbocycles. The maximum Gasteiger partial charge on any atom is 0.338 e. The van der Waals surface area contributed by atoms with Gasteiger partial charge in [0.2, 0.25) is 0 Å². The Morgan fingerprint density at radius 1 is 1.47 bits per heavy atom. The van der Waals surface area contributed by atoms with E-state index < -0.39 is 23.2 Å². The molecule has 1 fully saturated rings. The highest BCUT2D eigenvalue weighted by molar-refractivity contribution is 5.88. The molecule has 0 amide bonds. The molecule has 104 valence electrons. The van der Waals surface area contributed by atoms with Gasteiger partial charge < -0.3 is 10.8 Å². The summed E-state index contributed by atoms with van der Waals surface area (Å²) in [4.78, 5) is 12.6. The number of nitrogens with zero attached hydrogens (tertiary/aromatic N) is 1. The second-order valence-electron chi connectivity index (χ2n) is 4.93. The average Bonchev–Trinajstić information content (AvgIpc) is 2.73. The Morgan fingerprint density at radius 3 is 2.68 bits per heavy atom. The van der Waals surface area contributed by atoms with Gasteiger partial charge in [0.05, 0.1) is 5.56 Å². The zero-order valence-electron chi connectivity index (χ0n) is 10.6. The fourth-order valence-electron chi connectivity index (χ4n) is 2.63. The zero-order valence-corrected chi connectivity index (χ0v) is 10.6. The molecular weight excluding hydrogens is 254 g/mol. The van der Waals surface area contributed by atoms with E-state index in [4.69, 9.17) is 10.8 Å². The summed E-state index contributed by atoms with van der Waals surface area (Å²) in [5, 5.41) is 8.74. The molecule has 1 aromatic rings. The Morgan fingerprint density at radius 2 is 2.16 bits per heavy atom. The van der Waals surface area contributed by atoms with Gasteiger partial charge in [-0.1, -0.05) is 6.07 Å². The predicted octanol–water partition coefficient (Wildman–Crippen LogP) is 1.61. The summed E-state index contributed by atoms with van der Waals surface area (Å²) in [6.07, 6.45) is 0.649. The maximum absolute atomic E-state index is 14.0. The van der Waals surface area contributed by atoms with Gasteiger partial charge in [-0.2, -0.15) is 0 Å². The van der Waals surface area contributed by atoms with Crippen LogP contribution >= 0.6 is 0 Å². The number of carboxylic acid groups (broad SMARTS) is 1. The summed E-state index contributed by atoms with van der Waals surface area (Å²) < 4.78 is 27.7. The molecule has 1 aliphatic heterocycles. The smallest absolute Gasteiger partial charge is 0.338 e. The number of aromatic carboxylic acids is 1. The first-order valence-corrected chi connectivity index (χ1v) is 6.07. The molecule has 1 heterocycles. The van der Waals surface area contributed by atoms with Gasteiger partial charge in [-0.25, -0.2) is 13.6 Å². The van der Waals surface area contributed by atoms with Crippen LogP contribution in [-0.2, 0) is 0 Å². The summed E-state index contributed by atoms with van der Waals surface area (Å²) in [7, 11) is 1.82. The number of rotatable bonds is 3. The molecule has 2 atom stereocenters. The van der Waals surface area contributed by atoms with E-state index in [0.717, 1.165) is 12.6 Å². The molecule has 2 unspecified atom stereocenters. The van der Waals surface area contributed by atoms with E-state index in [9.17, 15) is 13.6 Å². The minimum atomic E-state index is -1.47. The van der Waals surface area contributed by atoms with Crippen LogP contribution in [0.4, 0.5) is 8.78 Å². The van der Waals surface area contributed by atoms with Gasteiger partial charge in [-0.3, -0.25) is 4.90 Å². The molecule has 1 aliphatic rings. The highest BCUT2D eigenvalue weighted by Crippen LogP contribution is 2.35. The van der Waals surface area contributed by atoms with Crippen LogP contribution < -0.4 is 5.73 Å². The van der Waals surface area contributed by atoms with Gasteiger partial charge in [-0.15, -0.1) is 0 Å². The van der Waals surface area contributed by atoms with Crippen molar-refractivity contribution in [1.82, 2.24) is 4.90 Å². The highest BCUT2D eigenvalue weighted by atomic mass is 19.2. The lowest BCUT2D eigenvalue weighted by Gasteiger charge is -2.20. The third kappa shape index (κ3) is 2.46. The molecular formula is C13H16F2N2O2. The number of carbonyl (C=O) groups is 1. The molecule has 0 saturated carbocycles. The van der Waals surface area contributed by atoms with Crippen LogP contribution in [0.15, 0.2) is 12.1 Å². The van der Waals surface area contributed by atoms with E-state index in [-0.39, 0.29) is 17.5 Å². The van der Waals surface area contributed by atoms with Crippen LogP contribution in [-0.4, -0.2) is 36.1 Å². The third-order valence-electron chi connectivity index (χ3n) is 3.67. The van der Waals surface area contributed by atoms with Crippen molar-refractivity contribution in [2.75, 3.05) is 20.1 Å². The Hall–Kier alpha value is -1.53. The van der Waals surface area contributed by atoms with Gasteiger partial charge >= 0.3 is 5.97 Å². The van der Waals surface area contributed by atoms with Crippen LogP contribution in [0.2, 0.25) is 0 Å². The molecule has 1 aromatic carbocycles. The second-order valence-corrected chi connectivity index (χ2v) is 4.93. The predicted molar refractivity (Wildman–Crippen MR) is 65.8 cm³/mol. The molecule has 0 aromatic heterocycles. The lowest BCUT2D eigenvalue weighted by atomic mass is 9.98. The summed E-state index contributed by atoms with van der Waals surface area (Å²) in [5.41, 5.74) is 5.15. The van der Waals surface area contributed by atoms with E-state index in [1.54, 1.807) is 0 Å². The van der Waals surface area contributed by atoms with Gasteiger partial charge in [0.25, 0.3) is 0 Å². The standard InChI is InChI=1S/C13H16F2N2O2/c1-17-6-7(5-16)4-10(17)8-2-3-9(13(18)19)12(15)11(8)14/h2-3,7,10H,4-6,16H2,1H3,(H,18,19). The number of likely N-dealkylation sites (tertiary alicyclic amines) is 1. The Kier molecular flexibility index (Phi) is 3.82. The quantitative estimate of drug-likeness (QED) is 0.875. The SMILES string of the molecule is CN1CC(CN)CC1c1ccc(C(=O)O)c(F)c1F. The van der Waals surface area contributed by atoms with E-state index in [1.807, 2.05) is 11.9 Å². The minimum Gasteiger partial charge on any atom is -0.478 e. The molecule has 4 nitrogen and oxygen atoms in total. The molecule has 2 rings (SSSR count). The molecule has 6 heteroatoms. The van der Waals surface area contributed by atoms with E-state index >= 15 is 0 Å². The summed E-state index contributed by atoms with van der Waals surface area (Å²) >= 11 is 0. The van der Waals surface area contributed by atoms with Crippen molar-refractivity contribution >= 4 is 5.97 Å². The van der Waals surface area contributed by atoms with Gasteiger partial charge in [0, 0.05) is 18.2 Å². The fourth-order valence-corrected chi connectivity index (χ4v) is 2.63. The normalized spacial score (nSPS) is 23.8. The average molecular weight is 270 g/mol. The molecule has 0 spiro atoms. The van der Waals surface area contributed by atoms with Gasteiger partial charge in [-0.05, 0) is 32.0 Å². The van der Waals surface area contributed by atoms with Crippen LogP contribution in [0.1, 0.15) is 28.4 Å². The summed E-state index contributed by atoms with van der Waals surface area (Å²) in [5.74, 6) is -3.59. The number of carboxylic acids is 1. The molecule has 0 radical (unpaired) electrons. The number of benzene rings is 1. The molecule has 0 bridgehead atoms. The number of hydrogen-bond donors (Lipinski definition) is 2. The van der Waals surface area contributed by atoms with Crippen molar-refractivity contribution in [3.63, 3.8) is 0 Å². The topological polar surface area (TPSA) is 66.6 Å². The second kappa shape index (κ2) is 5.22. The number of hydrogen-bond acceptors (Lipinski definition) is 3.